The Kier molecular flexibility index (Phi) is 3.32. The van der Waals surface area contributed by atoms with E-state index in [-0.39, 0.29) is 0 Å². The highest BCUT2D eigenvalue weighted by molar-refractivity contribution is 5.26. The zero-order valence-electron chi connectivity index (χ0n) is 7.37. The molecular weight excluding hydrogens is 154 g/mol. The molecule has 4 nitrogen and oxygen atoms in total. The summed E-state index contributed by atoms with van der Waals surface area (Å²) in [5, 5.41) is 3.00. The molecule has 1 heterocycles. The molecule has 0 saturated carbocycles. The van der Waals surface area contributed by atoms with Crippen molar-refractivity contribution in [1.29, 1.82) is 0 Å². The van der Waals surface area contributed by atoms with Crippen LogP contribution in [0, 0.1) is 0 Å². The van der Waals surface area contributed by atoms with Crippen LogP contribution < -0.4 is 10.1 Å². The van der Waals surface area contributed by atoms with E-state index in [1.54, 1.807) is 12.3 Å². The molecule has 0 aliphatic carbocycles. The van der Waals surface area contributed by atoms with Crippen LogP contribution >= 0.6 is 0 Å². The van der Waals surface area contributed by atoms with Crippen LogP contribution in [0.1, 0.15) is 13.8 Å². The number of hydrogen-bond acceptors (Lipinski definition) is 4. The number of anilines is 1. The maximum atomic E-state index is 5.20. The van der Waals surface area contributed by atoms with E-state index in [0.717, 1.165) is 6.54 Å². The number of hydrogen-bond donors (Lipinski definition) is 1. The van der Waals surface area contributed by atoms with E-state index in [0.29, 0.717) is 18.4 Å². The van der Waals surface area contributed by atoms with Gasteiger partial charge in [-0.05, 0) is 13.8 Å². The van der Waals surface area contributed by atoms with Crippen LogP contribution in [-0.2, 0) is 0 Å². The molecule has 0 aliphatic rings. The first-order valence-electron chi connectivity index (χ1n) is 4.06. The maximum Gasteiger partial charge on any atom is 0.225 e. The molecule has 1 aromatic rings. The largest absolute Gasteiger partial charge is 0.478 e. The van der Waals surface area contributed by atoms with Crippen molar-refractivity contribution < 1.29 is 4.74 Å². The highest BCUT2D eigenvalue weighted by Gasteiger charge is 1.96. The lowest BCUT2D eigenvalue weighted by Gasteiger charge is -2.03. The van der Waals surface area contributed by atoms with Gasteiger partial charge >= 0.3 is 0 Å². The molecule has 0 spiro atoms. The predicted octanol–water partition coefficient (Wildman–Crippen LogP) is 1.31. The molecule has 12 heavy (non-hydrogen) atoms. The van der Waals surface area contributed by atoms with Crippen LogP contribution in [0.5, 0.6) is 5.88 Å². The van der Waals surface area contributed by atoms with E-state index in [1.165, 1.54) is 0 Å². The number of nitrogens with zero attached hydrogens (tertiary/aromatic N) is 2. The second kappa shape index (κ2) is 4.54. The van der Waals surface area contributed by atoms with Gasteiger partial charge in [0.05, 0.1) is 6.61 Å². The van der Waals surface area contributed by atoms with Crippen LogP contribution in [0.3, 0.4) is 0 Å². The number of ether oxygens (including phenoxy) is 1. The standard InChI is InChI=1S/C8H13N3O/c1-3-9-8-10-6-5-7(11-8)12-4-2/h5-6H,3-4H2,1-2H3,(H,9,10,11). The van der Waals surface area contributed by atoms with Crippen LogP contribution in [0.25, 0.3) is 0 Å². The molecule has 1 N–H and O–H groups in total. The van der Waals surface area contributed by atoms with Crippen LogP contribution in [-0.4, -0.2) is 23.1 Å². The van der Waals surface area contributed by atoms with Crippen molar-refractivity contribution >= 4 is 5.95 Å². The van der Waals surface area contributed by atoms with E-state index < -0.39 is 0 Å². The Labute approximate surface area is 72.0 Å². The zero-order valence-corrected chi connectivity index (χ0v) is 7.37. The summed E-state index contributed by atoms with van der Waals surface area (Å²) in [5.41, 5.74) is 0. The van der Waals surface area contributed by atoms with Gasteiger partial charge in [0.1, 0.15) is 0 Å². The molecule has 0 radical (unpaired) electrons. The summed E-state index contributed by atoms with van der Waals surface area (Å²) in [7, 11) is 0. The number of rotatable bonds is 4. The summed E-state index contributed by atoms with van der Waals surface area (Å²) in [6.07, 6.45) is 1.68. The Hall–Kier alpha value is -1.32. The summed E-state index contributed by atoms with van der Waals surface area (Å²) in [5.74, 6) is 1.23. The average Bonchev–Trinajstić information content (AvgIpc) is 2.06. The Morgan fingerprint density at radius 2 is 2.33 bits per heavy atom. The molecule has 4 heteroatoms. The Morgan fingerprint density at radius 1 is 1.50 bits per heavy atom. The topological polar surface area (TPSA) is 47.0 Å². The summed E-state index contributed by atoms with van der Waals surface area (Å²) >= 11 is 0. The minimum Gasteiger partial charge on any atom is -0.478 e. The average molecular weight is 167 g/mol. The molecule has 0 unspecified atom stereocenters. The second-order valence-electron chi connectivity index (χ2n) is 2.18. The lowest BCUT2D eigenvalue weighted by molar-refractivity contribution is 0.326. The zero-order chi connectivity index (χ0) is 8.81. The minimum atomic E-state index is 0.614. The van der Waals surface area contributed by atoms with E-state index >= 15 is 0 Å². The van der Waals surface area contributed by atoms with Gasteiger partial charge in [-0.3, -0.25) is 0 Å². The Bertz CT molecular complexity index is 218. The van der Waals surface area contributed by atoms with Gasteiger partial charge in [-0.25, -0.2) is 4.98 Å². The first-order chi connectivity index (χ1) is 5.86. The molecule has 0 fully saturated rings. The summed E-state index contributed by atoms with van der Waals surface area (Å²) in [6, 6.07) is 1.74. The van der Waals surface area contributed by atoms with E-state index in [2.05, 4.69) is 15.3 Å². The van der Waals surface area contributed by atoms with Crippen molar-refractivity contribution in [2.75, 3.05) is 18.5 Å². The SMILES string of the molecule is CCNc1nccc(OCC)n1. The van der Waals surface area contributed by atoms with Crippen LogP contribution in [0.2, 0.25) is 0 Å². The van der Waals surface area contributed by atoms with Crippen LogP contribution in [0.4, 0.5) is 5.95 Å². The summed E-state index contributed by atoms with van der Waals surface area (Å²) < 4.78 is 5.20. The molecule has 1 rings (SSSR count). The highest BCUT2D eigenvalue weighted by atomic mass is 16.5. The Balaban J connectivity index is 2.67. The third-order valence-electron chi connectivity index (χ3n) is 1.26. The van der Waals surface area contributed by atoms with Gasteiger partial charge in [0.25, 0.3) is 0 Å². The van der Waals surface area contributed by atoms with Gasteiger partial charge in [-0.2, -0.15) is 4.98 Å². The first kappa shape index (κ1) is 8.77. The monoisotopic (exact) mass is 167 g/mol. The second-order valence-corrected chi connectivity index (χ2v) is 2.18. The van der Waals surface area contributed by atoms with Crippen LogP contribution in [0.15, 0.2) is 12.3 Å². The van der Waals surface area contributed by atoms with E-state index in [1.807, 2.05) is 13.8 Å². The third kappa shape index (κ3) is 2.38. The molecule has 1 aromatic heterocycles. The highest BCUT2D eigenvalue weighted by Crippen LogP contribution is 2.07. The van der Waals surface area contributed by atoms with Gasteiger partial charge in [0.15, 0.2) is 0 Å². The summed E-state index contributed by atoms with van der Waals surface area (Å²) in [4.78, 5) is 8.12. The van der Waals surface area contributed by atoms with Crippen molar-refractivity contribution in [3.05, 3.63) is 12.3 Å². The predicted molar refractivity (Wildman–Crippen MR) is 47.4 cm³/mol. The molecule has 0 saturated heterocycles. The van der Waals surface area contributed by atoms with Gasteiger partial charge in [0.2, 0.25) is 11.8 Å². The molecule has 66 valence electrons. The van der Waals surface area contributed by atoms with E-state index in [4.69, 9.17) is 4.74 Å². The number of aromatic nitrogens is 2. The molecule has 0 amide bonds. The van der Waals surface area contributed by atoms with Gasteiger partial charge in [0, 0.05) is 18.8 Å². The van der Waals surface area contributed by atoms with Gasteiger partial charge in [-0.1, -0.05) is 0 Å². The lowest BCUT2D eigenvalue weighted by atomic mass is 10.6. The normalized spacial score (nSPS) is 9.50. The summed E-state index contributed by atoms with van der Waals surface area (Å²) in [6.45, 7) is 5.36. The van der Waals surface area contributed by atoms with Gasteiger partial charge < -0.3 is 10.1 Å². The quantitative estimate of drug-likeness (QED) is 0.734. The van der Waals surface area contributed by atoms with Crippen molar-refractivity contribution in [1.82, 2.24) is 9.97 Å². The Morgan fingerprint density at radius 3 is 3.00 bits per heavy atom. The lowest BCUT2D eigenvalue weighted by Crippen LogP contribution is -2.03. The van der Waals surface area contributed by atoms with E-state index in [9.17, 15) is 0 Å². The maximum absolute atomic E-state index is 5.20. The number of nitrogens with one attached hydrogen (secondary N) is 1. The molecule has 0 aliphatic heterocycles. The fourth-order valence-corrected chi connectivity index (χ4v) is 0.814. The van der Waals surface area contributed by atoms with Crippen molar-refractivity contribution in [3.63, 3.8) is 0 Å². The molecule has 0 aromatic carbocycles. The molecule has 0 bridgehead atoms. The van der Waals surface area contributed by atoms with Gasteiger partial charge in [-0.15, -0.1) is 0 Å². The fourth-order valence-electron chi connectivity index (χ4n) is 0.814. The smallest absolute Gasteiger partial charge is 0.225 e. The minimum absolute atomic E-state index is 0.614. The fraction of sp³-hybridized carbons (Fsp3) is 0.500. The van der Waals surface area contributed by atoms with Crippen molar-refractivity contribution in [3.8, 4) is 5.88 Å². The first-order valence-corrected chi connectivity index (χ1v) is 4.06. The van der Waals surface area contributed by atoms with Crippen molar-refractivity contribution in [2.45, 2.75) is 13.8 Å². The third-order valence-corrected chi connectivity index (χ3v) is 1.26. The van der Waals surface area contributed by atoms with Crippen molar-refractivity contribution in [2.24, 2.45) is 0 Å². The molecule has 0 atom stereocenters. The molecular formula is C8H13N3O.